The van der Waals surface area contributed by atoms with Crippen molar-refractivity contribution in [1.29, 1.82) is 0 Å². The van der Waals surface area contributed by atoms with Gasteiger partial charge in [-0.3, -0.25) is 0 Å². The summed E-state index contributed by atoms with van der Waals surface area (Å²) < 4.78 is 0. The van der Waals surface area contributed by atoms with Crippen molar-refractivity contribution in [3.05, 3.63) is 9.81 Å². The van der Waals surface area contributed by atoms with Gasteiger partial charge in [0.2, 0.25) is 0 Å². The molecule has 9 heavy (non-hydrogen) atoms. The third-order valence-electron chi connectivity index (χ3n) is 1.75. The van der Waals surface area contributed by atoms with Gasteiger partial charge < -0.3 is 0 Å². The van der Waals surface area contributed by atoms with Crippen molar-refractivity contribution in [1.82, 2.24) is 0 Å². The van der Waals surface area contributed by atoms with Crippen LogP contribution >= 0.6 is 23.5 Å². The highest BCUT2D eigenvalue weighted by atomic mass is 32.2. The van der Waals surface area contributed by atoms with E-state index in [9.17, 15) is 0 Å². The fraction of sp³-hybridized carbons (Fsp3) is 0.714. The molecule has 0 aromatic heterocycles. The van der Waals surface area contributed by atoms with Gasteiger partial charge in [-0.05, 0) is 29.1 Å². The molecule has 1 heterocycles. The van der Waals surface area contributed by atoms with E-state index in [4.69, 9.17) is 0 Å². The molecule has 0 unspecified atom stereocenters. The summed E-state index contributed by atoms with van der Waals surface area (Å²) in [6.45, 7) is 0. The maximum Gasteiger partial charge on any atom is 0.00715 e. The van der Waals surface area contributed by atoms with E-state index in [1.54, 1.807) is 9.81 Å². The Kier molecular flexibility index (Phi) is 1.77. The molecule has 1 aliphatic heterocycles. The van der Waals surface area contributed by atoms with Crippen molar-refractivity contribution in [2.24, 2.45) is 0 Å². The van der Waals surface area contributed by atoms with Gasteiger partial charge in [-0.1, -0.05) is 0 Å². The minimum Gasteiger partial charge on any atom is -0.129 e. The number of thioether (sulfide) groups is 2. The lowest BCUT2D eigenvalue weighted by atomic mass is 10.4. The van der Waals surface area contributed by atoms with Crippen LogP contribution in [0.2, 0.25) is 0 Å². The first kappa shape index (κ1) is 6.17. The van der Waals surface area contributed by atoms with Crippen molar-refractivity contribution in [2.75, 3.05) is 11.5 Å². The second-order valence-corrected chi connectivity index (χ2v) is 4.78. The van der Waals surface area contributed by atoms with Gasteiger partial charge in [0, 0.05) is 11.5 Å². The smallest absolute Gasteiger partial charge is 0.00715 e. The van der Waals surface area contributed by atoms with Gasteiger partial charge in [0.25, 0.3) is 0 Å². The Morgan fingerprint density at radius 3 is 2.00 bits per heavy atom. The quantitative estimate of drug-likeness (QED) is 0.531. The summed E-state index contributed by atoms with van der Waals surface area (Å²) in [4.78, 5) is 3.43. The number of hydrogen-bond donors (Lipinski definition) is 0. The van der Waals surface area contributed by atoms with Crippen LogP contribution in [-0.4, -0.2) is 11.5 Å². The molecule has 0 bridgehead atoms. The lowest BCUT2D eigenvalue weighted by molar-refractivity contribution is 0.921. The van der Waals surface area contributed by atoms with E-state index in [-0.39, 0.29) is 0 Å². The van der Waals surface area contributed by atoms with Crippen LogP contribution in [0.15, 0.2) is 9.81 Å². The highest BCUT2D eigenvalue weighted by molar-refractivity contribution is 8.10. The standard InChI is InChI=1S/C7H10S2/c1-2-6-7(3-1)9-5-4-8-6/h1-5H2. The Balaban J connectivity index is 2.17. The zero-order valence-electron chi connectivity index (χ0n) is 5.35. The van der Waals surface area contributed by atoms with Gasteiger partial charge in [0.1, 0.15) is 0 Å². The number of allylic oxidation sites excluding steroid dienone is 2. The number of rotatable bonds is 0. The first-order chi connectivity index (χ1) is 4.47. The minimum absolute atomic E-state index is 1.35. The molecule has 0 nitrogen and oxygen atoms in total. The molecule has 0 fully saturated rings. The summed E-state index contributed by atoms with van der Waals surface area (Å²) in [7, 11) is 0. The molecule has 0 spiro atoms. The maximum atomic E-state index is 2.09. The van der Waals surface area contributed by atoms with Crippen LogP contribution in [0.5, 0.6) is 0 Å². The molecule has 1 aliphatic carbocycles. The van der Waals surface area contributed by atoms with Crippen LogP contribution in [0.3, 0.4) is 0 Å². The van der Waals surface area contributed by atoms with E-state index < -0.39 is 0 Å². The fourth-order valence-corrected chi connectivity index (χ4v) is 3.94. The molecule has 0 N–H and O–H groups in total. The molecule has 0 radical (unpaired) electrons. The van der Waals surface area contributed by atoms with Gasteiger partial charge >= 0.3 is 0 Å². The Bertz CT molecular complexity index is 133. The maximum absolute atomic E-state index is 2.09. The SMILES string of the molecule is C1CC2=C(C1)SCCS2. The summed E-state index contributed by atoms with van der Waals surface area (Å²) >= 11 is 4.19. The minimum atomic E-state index is 1.35. The molecule has 0 saturated heterocycles. The van der Waals surface area contributed by atoms with Crippen molar-refractivity contribution in [3.8, 4) is 0 Å². The van der Waals surface area contributed by atoms with Crippen LogP contribution in [-0.2, 0) is 0 Å². The summed E-state index contributed by atoms with van der Waals surface area (Å²) in [5, 5.41) is 0. The van der Waals surface area contributed by atoms with Crippen LogP contribution in [0.25, 0.3) is 0 Å². The predicted octanol–water partition coefficient (Wildman–Crippen LogP) is 2.86. The van der Waals surface area contributed by atoms with Crippen molar-refractivity contribution in [2.45, 2.75) is 19.3 Å². The normalized spacial score (nSPS) is 26.7. The molecular formula is C7H10S2. The lowest BCUT2D eigenvalue weighted by Gasteiger charge is -2.11. The molecular weight excluding hydrogens is 148 g/mol. The molecule has 0 aromatic carbocycles. The highest BCUT2D eigenvalue weighted by Crippen LogP contribution is 2.43. The van der Waals surface area contributed by atoms with Gasteiger partial charge in [0.05, 0.1) is 0 Å². The fourth-order valence-electron chi connectivity index (χ4n) is 1.32. The molecule has 2 heteroatoms. The highest BCUT2D eigenvalue weighted by Gasteiger charge is 2.18. The topological polar surface area (TPSA) is 0 Å². The van der Waals surface area contributed by atoms with Gasteiger partial charge in [-0.25, -0.2) is 0 Å². The molecule has 0 aromatic rings. The van der Waals surface area contributed by atoms with E-state index in [1.807, 2.05) is 0 Å². The van der Waals surface area contributed by atoms with Crippen LogP contribution in [0, 0.1) is 0 Å². The van der Waals surface area contributed by atoms with Gasteiger partial charge in [0.15, 0.2) is 0 Å². The van der Waals surface area contributed by atoms with Gasteiger partial charge in [-0.15, -0.1) is 23.5 Å². The second kappa shape index (κ2) is 2.59. The van der Waals surface area contributed by atoms with Crippen molar-refractivity contribution >= 4 is 23.5 Å². The molecule has 0 saturated carbocycles. The summed E-state index contributed by atoms with van der Waals surface area (Å²) in [5.74, 6) is 2.70. The molecule has 50 valence electrons. The number of hydrogen-bond acceptors (Lipinski definition) is 2. The zero-order chi connectivity index (χ0) is 6.10. The largest absolute Gasteiger partial charge is 0.129 e. The Morgan fingerprint density at radius 2 is 1.44 bits per heavy atom. The predicted molar refractivity (Wildman–Crippen MR) is 45.8 cm³/mol. The van der Waals surface area contributed by atoms with Crippen molar-refractivity contribution < 1.29 is 0 Å². The molecule has 0 amide bonds. The Morgan fingerprint density at radius 1 is 0.889 bits per heavy atom. The van der Waals surface area contributed by atoms with E-state index >= 15 is 0 Å². The summed E-state index contributed by atoms with van der Waals surface area (Å²) in [6, 6.07) is 0. The second-order valence-electron chi connectivity index (χ2n) is 2.40. The van der Waals surface area contributed by atoms with E-state index in [2.05, 4.69) is 23.5 Å². The Hall–Kier alpha value is 0.440. The summed E-state index contributed by atoms with van der Waals surface area (Å²) in [6.07, 6.45) is 4.19. The first-order valence-corrected chi connectivity index (χ1v) is 5.41. The van der Waals surface area contributed by atoms with E-state index in [0.717, 1.165) is 0 Å². The molecule has 2 aliphatic rings. The van der Waals surface area contributed by atoms with E-state index in [0.29, 0.717) is 0 Å². The molecule has 2 rings (SSSR count). The lowest BCUT2D eigenvalue weighted by Crippen LogP contribution is -1.91. The molecule has 0 atom stereocenters. The summed E-state index contributed by atoms with van der Waals surface area (Å²) in [5.41, 5.74) is 0. The third-order valence-corrected chi connectivity index (χ3v) is 4.56. The van der Waals surface area contributed by atoms with Crippen LogP contribution in [0.4, 0.5) is 0 Å². The van der Waals surface area contributed by atoms with E-state index in [1.165, 1.54) is 30.8 Å². The third kappa shape index (κ3) is 1.15. The van der Waals surface area contributed by atoms with Crippen LogP contribution in [0.1, 0.15) is 19.3 Å². The zero-order valence-corrected chi connectivity index (χ0v) is 6.99. The first-order valence-electron chi connectivity index (χ1n) is 3.44. The average Bonchev–Trinajstić information content (AvgIpc) is 2.33. The monoisotopic (exact) mass is 158 g/mol. The van der Waals surface area contributed by atoms with Crippen molar-refractivity contribution in [3.63, 3.8) is 0 Å². The van der Waals surface area contributed by atoms with Gasteiger partial charge in [-0.2, -0.15) is 0 Å². The average molecular weight is 158 g/mol. The Labute approximate surface area is 64.5 Å². The van der Waals surface area contributed by atoms with Crippen LogP contribution < -0.4 is 0 Å².